The van der Waals surface area contributed by atoms with Gasteiger partial charge in [-0.05, 0) is 31.0 Å². The molecule has 1 amide bonds. The van der Waals surface area contributed by atoms with Gasteiger partial charge >= 0.3 is 0 Å². The van der Waals surface area contributed by atoms with Crippen LogP contribution in [0.1, 0.15) is 18.7 Å². The summed E-state index contributed by atoms with van der Waals surface area (Å²) in [5, 5.41) is 3.66. The van der Waals surface area contributed by atoms with Crippen LogP contribution < -0.4 is 5.32 Å². The van der Waals surface area contributed by atoms with Crippen molar-refractivity contribution in [2.24, 2.45) is 5.92 Å². The van der Waals surface area contributed by atoms with Crippen LogP contribution in [0, 0.1) is 5.92 Å². The summed E-state index contributed by atoms with van der Waals surface area (Å²) in [6.07, 6.45) is 2.74. The third kappa shape index (κ3) is 3.33. The Morgan fingerprint density at radius 2 is 2.24 bits per heavy atom. The lowest BCUT2D eigenvalue weighted by molar-refractivity contribution is -0.122. The number of rotatable bonds is 6. The summed E-state index contributed by atoms with van der Waals surface area (Å²) < 4.78 is 2.09. The Kier molecular flexibility index (Phi) is 4.36. The second kappa shape index (κ2) is 6.24. The van der Waals surface area contributed by atoms with Crippen molar-refractivity contribution in [1.82, 2.24) is 14.9 Å². The van der Waals surface area contributed by atoms with E-state index in [1.165, 1.54) is 0 Å². The fraction of sp³-hybridized carbons (Fsp3) is 0.467. The lowest BCUT2D eigenvalue weighted by atomic mass is 10.3. The number of fused-ring (bicyclic) bond motifs is 1. The average molecular weight is 326 g/mol. The number of nitrogens with one attached hydrogen (secondary N) is 1. The highest BCUT2D eigenvalue weighted by atomic mass is 35.5. The molecule has 0 atom stereocenters. The molecule has 1 heterocycles. The number of hydrogen-bond acceptors (Lipinski definition) is 2. The van der Waals surface area contributed by atoms with Crippen LogP contribution in [0.25, 0.3) is 11.0 Å². The van der Waals surface area contributed by atoms with Gasteiger partial charge in [0.25, 0.3) is 0 Å². The standard InChI is InChI=1S/C15H17Cl2N3O/c16-6-5-14-19-12-4-3-11(17)9-13(12)20(14)8-7-18-15(21)10-1-2-10/h3-4,9-10H,1-2,5-8H2,(H,18,21). The minimum absolute atomic E-state index is 0.163. The number of carbonyl (C=O) groups excluding carboxylic acids is 1. The molecule has 0 bridgehead atoms. The third-order valence-corrected chi connectivity index (χ3v) is 4.11. The molecule has 1 N–H and O–H groups in total. The Bertz CT molecular complexity index is 664. The van der Waals surface area contributed by atoms with Gasteiger partial charge in [0.2, 0.25) is 5.91 Å². The normalized spacial score (nSPS) is 14.6. The van der Waals surface area contributed by atoms with Gasteiger partial charge in [-0.2, -0.15) is 0 Å². The van der Waals surface area contributed by atoms with Gasteiger partial charge in [0, 0.05) is 36.3 Å². The number of carbonyl (C=O) groups is 1. The fourth-order valence-electron chi connectivity index (χ4n) is 2.45. The third-order valence-electron chi connectivity index (χ3n) is 3.69. The lowest BCUT2D eigenvalue weighted by Crippen LogP contribution is -2.28. The molecule has 0 spiro atoms. The van der Waals surface area contributed by atoms with E-state index < -0.39 is 0 Å². The van der Waals surface area contributed by atoms with Crippen molar-refractivity contribution in [3.05, 3.63) is 29.0 Å². The molecule has 0 saturated heterocycles. The Morgan fingerprint density at radius 1 is 1.43 bits per heavy atom. The number of hydrogen-bond donors (Lipinski definition) is 1. The number of halogens is 2. The Labute approximate surface area is 133 Å². The van der Waals surface area contributed by atoms with E-state index in [-0.39, 0.29) is 11.8 Å². The molecular weight excluding hydrogens is 309 g/mol. The van der Waals surface area contributed by atoms with Gasteiger partial charge in [-0.1, -0.05) is 11.6 Å². The van der Waals surface area contributed by atoms with Crippen LogP contribution in [0.4, 0.5) is 0 Å². The molecule has 0 unspecified atom stereocenters. The zero-order valence-electron chi connectivity index (χ0n) is 11.6. The Balaban J connectivity index is 1.78. The number of imidazole rings is 1. The molecule has 1 aromatic heterocycles. The predicted molar refractivity (Wildman–Crippen MR) is 84.9 cm³/mol. The van der Waals surface area contributed by atoms with Gasteiger partial charge in [0.1, 0.15) is 5.82 Å². The SMILES string of the molecule is O=C(NCCn1c(CCCl)nc2ccc(Cl)cc21)C1CC1. The molecule has 2 aromatic rings. The van der Waals surface area contributed by atoms with Crippen LogP contribution in [0.15, 0.2) is 18.2 Å². The topological polar surface area (TPSA) is 46.9 Å². The van der Waals surface area contributed by atoms with Gasteiger partial charge in [0.05, 0.1) is 11.0 Å². The molecule has 3 rings (SSSR count). The van der Waals surface area contributed by atoms with Gasteiger partial charge in [-0.3, -0.25) is 4.79 Å². The highest BCUT2D eigenvalue weighted by Gasteiger charge is 2.29. The summed E-state index contributed by atoms with van der Waals surface area (Å²) in [6.45, 7) is 1.28. The zero-order valence-corrected chi connectivity index (χ0v) is 13.1. The Hall–Kier alpha value is -1.26. The van der Waals surface area contributed by atoms with Crippen molar-refractivity contribution in [3.63, 3.8) is 0 Å². The van der Waals surface area contributed by atoms with Gasteiger partial charge < -0.3 is 9.88 Å². The number of benzene rings is 1. The number of nitrogens with zero attached hydrogens (tertiary/aromatic N) is 2. The smallest absolute Gasteiger partial charge is 0.223 e. The van der Waals surface area contributed by atoms with Crippen molar-refractivity contribution in [2.75, 3.05) is 12.4 Å². The minimum Gasteiger partial charge on any atom is -0.354 e. The van der Waals surface area contributed by atoms with Crippen LogP contribution in [-0.2, 0) is 17.8 Å². The van der Waals surface area contributed by atoms with Gasteiger partial charge in [-0.15, -0.1) is 11.6 Å². The first-order chi connectivity index (χ1) is 10.2. The second-order valence-corrected chi connectivity index (χ2v) is 6.13. The first kappa shape index (κ1) is 14.7. The summed E-state index contributed by atoms with van der Waals surface area (Å²) in [5.41, 5.74) is 1.90. The summed E-state index contributed by atoms with van der Waals surface area (Å²) in [4.78, 5) is 16.3. The molecule has 0 aliphatic heterocycles. The summed E-state index contributed by atoms with van der Waals surface area (Å²) in [7, 11) is 0. The number of aryl methyl sites for hydroxylation is 1. The maximum absolute atomic E-state index is 11.7. The molecule has 6 heteroatoms. The fourth-order valence-corrected chi connectivity index (χ4v) is 2.79. The van der Waals surface area contributed by atoms with Crippen LogP contribution in [0.2, 0.25) is 5.02 Å². The van der Waals surface area contributed by atoms with Crippen LogP contribution in [-0.4, -0.2) is 27.9 Å². The van der Waals surface area contributed by atoms with Gasteiger partial charge in [0.15, 0.2) is 0 Å². The van der Waals surface area contributed by atoms with E-state index >= 15 is 0 Å². The van der Waals surface area contributed by atoms with E-state index in [0.717, 1.165) is 29.7 Å². The molecule has 1 aliphatic rings. The van der Waals surface area contributed by atoms with Crippen LogP contribution >= 0.6 is 23.2 Å². The van der Waals surface area contributed by atoms with Crippen LogP contribution in [0.5, 0.6) is 0 Å². The van der Waals surface area contributed by atoms with Crippen molar-refractivity contribution in [1.29, 1.82) is 0 Å². The maximum atomic E-state index is 11.7. The van der Waals surface area contributed by atoms with Crippen molar-refractivity contribution < 1.29 is 4.79 Å². The van der Waals surface area contributed by atoms with Crippen molar-refractivity contribution in [3.8, 4) is 0 Å². The largest absolute Gasteiger partial charge is 0.354 e. The number of amides is 1. The minimum atomic E-state index is 0.163. The second-order valence-electron chi connectivity index (χ2n) is 5.32. The van der Waals surface area contributed by atoms with Crippen molar-refractivity contribution in [2.45, 2.75) is 25.8 Å². The highest BCUT2D eigenvalue weighted by Crippen LogP contribution is 2.28. The first-order valence-corrected chi connectivity index (χ1v) is 8.08. The molecule has 4 nitrogen and oxygen atoms in total. The maximum Gasteiger partial charge on any atom is 0.223 e. The van der Waals surface area contributed by atoms with E-state index in [1.807, 2.05) is 18.2 Å². The Morgan fingerprint density at radius 3 is 2.95 bits per heavy atom. The molecule has 1 fully saturated rings. The van der Waals surface area contributed by atoms with E-state index in [1.54, 1.807) is 0 Å². The molecule has 0 radical (unpaired) electrons. The van der Waals surface area contributed by atoms with E-state index in [0.29, 0.717) is 30.4 Å². The van der Waals surface area contributed by atoms with Gasteiger partial charge in [-0.25, -0.2) is 4.98 Å². The summed E-state index contributed by atoms with van der Waals surface area (Å²) >= 11 is 11.9. The monoisotopic (exact) mass is 325 g/mol. The first-order valence-electron chi connectivity index (χ1n) is 7.17. The van der Waals surface area contributed by atoms with Crippen LogP contribution in [0.3, 0.4) is 0 Å². The molecular formula is C15H17Cl2N3O. The van der Waals surface area contributed by atoms with E-state index in [9.17, 15) is 4.79 Å². The molecule has 1 aromatic carbocycles. The quantitative estimate of drug-likeness (QED) is 0.830. The summed E-state index contributed by atoms with van der Waals surface area (Å²) in [5.74, 6) is 1.85. The van der Waals surface area contributed by atoms with E-state index in [2.05, 4.69) is 14.9 Å². The number of alkyl halides is 1. The molecule has 1 aliphatic carbocycles. The zero-order chi connectivity index (χ0) is 14.8. The predicted octanol–water partition coefficient (Wildman–Crippen LogP) is 3.00. The highest BCUT2D eigenvalue weighted by molar-refractivity contribution is 6.31. The summed E-state index contributed by atoms with van der Waals surface area (Å²) in [6, 6.07) is 5.65. The number of aromatic nitrogens is 2. The van der Waals surface area contributed by atoms with Crippen molar-refractivity contribution >= 4 is 40.1 Å². The molecule has 21 heavy (non-hydrogen) atoms. The lowest BCUT2D eigenvalue weighted by Gasteiger charge is -2.10. The molecule has 1 saturated carbocycles. The average Bonchev–Trinajstić information content (AvgIpc) is 3.25. The molecule has 112 valence electrons. The van der Waals surface area contributed by atoms with E-state index in [4.69, 9.17) is 23.2 Å².